The van der Waals surface area contributed by atoms with E-state index in [9.17, 15) is 39.4 Å². The Labute approximate surface area is 166 Å². The van der Waals surface area contributed by atoms with Crippen molar-refractivity contribution in [3.05, 3.63) is 32.4 Å². The minimum absolute atomic E-state index is 0.286. The van der Waals surface area contributed by atoms with Crippen LogP contribution in [-0.4, -0.2) is 72.7 Å². The molecule has 18 heteroatoms. The molecule has 168 valence electrons. The topological polar surface area (TPSA) is 268 Å². The maximum atomic E-state index is 11.5. The van der Waals surface area contributed by atoms with Crippen molar-refractivity contribution >= 4 is 23.8 Å². The van der Waals surface area contributed by atoms with E-state index in [4.69, 9.17) is 11.5 Å². The summed E-state index contributed by atoms with van der Waals surface area (Å²) < 4.78 is 8.91. The smallest absolute Gasteiger partial charge is 0.333 e. The highest BCUT2D eigenvalue weighted by atomic mass is 17.0. The van der Waals surface area contributed by atoms with Gasteiger partial charge in [-0.3, -0.25) is 21.1 Å². The van der Waals surface area contributed by atoms with Gasteiger partial charge in [0.25, 0.3) is 22.0 Å². The lowest BCUT2D eigenvalue weighted by Gasteiger charge is -2.12. The highest BCUT2D eigenvalue weighted by molar-refractivity contribution is 5.94. The molecule has 0 spiro atoms. The van der Waals surface area contributed by atoms with E-state index >= 15 is 0 Å². The van der Waals surface area contributed by atoms with Crippen LogP contribution in [0, 0.1) is 20.2 Å². The van der Waals surface area contributed by atoms with Crippen LogP contribution >= 0.6 is 0 Å². The molecule has 18 nitrogen and oxygen atoms in total. The second-order valence-electron chi connectivity index (χ2n) is 4.74. The first-order valence-corrected chi connectivity index (χ1v) is 7.73. The zero-order valence-corrected chi connectivity index (χ0v) is 15.1. The quantitative estimate of drug-likeness (QED) is 0.0500. The van der Waals surface area contributed by atoms with Gasteiger partial charge in [-0.25, -0.2) is 9.59 Å². The van der Waals surface area contributed by atoms with Gasteiger partial charge >= 0.3 is 11.9 Å². The van der Waals surface area contributed by atoms with Gasteiger partial charge in [0, 0.05) is 25.2 Å². The van der Waals surface area contributed by atoms with E-state index in [0.717, 1.165) is 0 Å². The van der Waals surface area contributed by atoms with Crippen LogP contribution in [0.2, 0.25) is 0 Å². The average molecular weight is 438 g/mol. The standard InChI is InChI=1S/C12H18N6O12/c13-9(11(21)15-3-5-27-17(23)24)29-7(19)1-2-8(20)30-10(14)12(22)16-4-6-28-18(25)26/h1-2,9-10H,3-6,13-14H2,(H,15,21)(H,16,22)/b2-1+. The second-order valence-corrected chi connectivity index (χ2v) is 4.74. The zero-order valence-electron chi connectivity index (χ0n) is 15.1. The number of nitrogens with one attached hydrogen (secondary N) is 2. The first-order valence-electron chi connectivity index (χ1n) is 7.73. The molecule has 0 radical (unpaired) electrons. The summed E-state index contributed by atoms with van der Waals surface area (Å²) in [7, 11) is 0. The number of ether oxygens (including phenoxy) is 2. The first kappa shape index (κ1) is 25.9. The van der Waals surface area contributed by atoms with E-state index in [2.05, 4.69) is 29.8 Å². The van der Waals surface area contributed by atoms with E-state index in [0.29, 0.717) is 12.2 Å². The van der Waals surface area contributed by atoms with Crippen LogP contribution < -0.4 is 22.1 Å². The number of hydrogen-bond acceptors (Lipinski definition) is 14. The molecule has 0 saturated heterocycles. The summed E-state index contributed by atoms with van der Waals surface area (Å²) in [5, 5.41) is 21.8. The predicted octanol–water partition coefficient (Wildman–Crippen LogP) is -4.15. The van der Waals surface area contributed by atoms with Gasteiger partial charge in [-0.2, -0.15) is 0 Å². The van der Waals surface area contributed by atoms with Crippen LogP contribution in [0.5, 0.6) is 0 Å². The van der Waals surface area contributed by atoms with E-state index < -0.39 is 59.6 Å². The predicted molar refractivity (Wildman–Crippen MR) is 89.2 cm³/mol. The molecule has 0 fully saturated rings. The third-order valence-corrected chi connectivity index (χ3v) is 2.55. The molecule has 0 heterocycles. The summed E-state index contributed by atoms with van der Waals surface area (Å²) in [5.74, 6) is -4.45. The Morgan fingerprint density at radius 2 is 1.13 bits per heavy atom. The molecule has 6 N–H and O–H groups in total. The van der Waals surface area contributed by atoms with Crippen LogP contribution in [0.4, 0.5) is 0 Å². The number of esters is 2. The lowest BCUT2D eigenvalue weighted by Crippen LogP contribution is -2.44. The normalized spacial score (nSPS) is 12.2. The summed E-state index contributed by atoms with van der Waals surface area (Å²) in [6.45, 7) is -1.49. The number of carbonyl (C=O) groups is 4. The lowest BCUT2D eigenvalue weighted by atomic mass is 10.4. The summed E-state index contributed by atoms with van der Waals surface area (Å²) >= 11 is 0. The summed E-state index contributed by atoms with van der Waals surface area (Å²) in [4.78, 5) is 73.5. The van der Waals surface area contributed by atoms with Crippen LogP contribution in [0.3, 0.4) is 0 Å². The van der Waals surface area contributed by atoms with E-state index in [-0.39, 0.29) is 13.1 Å². The Morgan fingerprint density at radius 3 is 1.43 bits per heavy atom. The average Bonchev–Trinajstić information content (AvgIpc) is 2.66. The Kier molecular flexibility index (Phi) is 12.1. The highest BCUT2D eigenvalue weighted by Gasteiger charge is 2.19. The van der Waals surface area contributed by atoms with Gasteiger partial charge in [0.1, 0.15) is 13.2 Å². The molecule has 0 saturated carbocycles. The maximum Gasteiger partial charge on any atom is 0.333 e. The SMILES string of the molecule is NC(OC(=O)/C=C/C(=O)OC(N)C(=O)NCCO[N+](=O)[O-])C(=O)NCCO[N+](=O)[O-]. The Bertz CT molecular complexity index is 627. The maximum absolute atomic E-state index is 11.5. The van der Waals surface area contributed by atoms with E-state index in [1.807, 2.05) is 0 Å². The molecule has 0 bridgehead atoms. The van der Waals surface area contributed by atoms with Crippen LogP contribution in [0.1, 0.15) is 0 Å². The van der Waals surface area contributed by atoms with E-state index in [1.165, 1.54) is 0 Å². The van der Waals surface area contributed by atoms with Crippen LogP contribution in [0.25, 0.3) is 0 Å². The van der Waals surface area contributed by atoms with Crippen molar-refractivity contribution < 1.29 is 48.5 Å². The van der Waals surface area contributed by atoms with Crippen molar-refractivity contribution in [3.8, 4) is 0 Å². The monoisotopic (exact) mass is 438 g/mol. The van der Waals surface area contributed by atoms with Crippen molar-refractivity contribution in [2.24, 2.45) is 11.5 Å². The molecule has 2 atom stereocenters. The van der Waals surface area contributed by atoms with Gasteiger partial charge in [0.15, 0.2) is 0 Å². The fourth-order valence-electron chi connectivity index (χ4n) is 1.36. The minimum atomic E-state index is -1.79. The minimum Gasteiger partial charge on any atom is -0.434 e. The van der Waals surface area contributed by atoms with Gasteiger partial charge in [-0.05, 0) is 0 Å². The van der Waals surface area contributed by atoms with Gasteiger partial charge in [0.2, 0.25) is 12.5 Å². The van der Waals surface area contributed by atoms with Gasteiger partial charge in [-0.15, -0.1) is 20.2 Å². The highest BCUT2D eigenvalue weighted by Crippen LogP contribution is 1.92. The fraction of sp³-hybridized carbons (Fsp3) is 0.500. The summed E-state index contributed by atoms with van der Waals surface area (Å²) in [6, 6.07) is 0. The Hall–Kier alpha value is -4.06. The van der Waals surface area contributed by atoms with E-state index in [1.54, 1.807) is 0 Å². The molecule has 30 heavy (non-hydrogen) atoms. The number of amides is 2. The molecule has 0 aliphatic carbocycles. The largest absolute Gasteiger partial charge is 0.434 e. The molecule has 0 aromatic carbocycles. The number of nitrogens with two attached hydrogens (primary N) is 2. The molecule has 2 unspecified atom stereocenters. The van der Waals surface area contributed by atoms with Crippen molar-refractivity contribution in [1.29, 1.82) is 0 Å². The Balaban J connectivity index is 4.22. The molecule has 0 rings (SSSR count). The van der Waals surface area contributed by atoms with Crippen molar-refractivity contribution in [2.45, 2.75) is 12.5 Å². The number of nitrogens with zero attached hydrogens (tertiary/aromatic N) is 2. The molecular formula is C12H18N6O12. The molecule has 0 aromatic heterocycles. The molecule has 2 amide bonds. The number of rotatable bonds is 14. The second kappa shape index (κ2) is 14.0. The number of carbonyl (C=O) groups excluding carboxylic acids is 4. The fourth-order valence-corrected chi connectivity index (χ4v) is 1.36. The lowest BCUT2D eigenvalue weighted by molar-refractivity contribution is -0.757. The molecule has 0 aromatic rings. The number of hydrogen-bond donors (Lipinski definition) is 4. The zero-order chi connectivity index (χ0) is 23.1. The van der Waals surface area contributed by atoms with Crippen LogP contribution in [0.15, 0.2) is 12.2 Å². The molecular weight excluding hydrogens is 420 g/mol. The van der Waals surface area contributed by atoms with Gasteiger partial charge in [0.05, 0.1) is 0 Å². The van der Waals surface area contributed by atoms with Crippen molar-refractivity contribution in [2.75, 3.05) is 26.3 Å². The molecule has 0 aliphatic heterocycles. The Morgan fingerprint density at radius 1 is 0.800 bits per heavy atom. The van der Waals surface area contributed by atoms with Crippen LogP contribution in [-0.2, 0) is 38.3 Å². The third kappa shape index (κ3) is 13.2. The molecule has 0 aliphatic rings. The van der Waals surface area contributed by atoms with Gasteiger partial charge < -0.3 is 29.8 Å². The first-order chi connectivity index (χ1) is 14.0. The summed E-state index contributed by atoms with van der Waals surface area (Å²) in [5.41, 5.74) is 10.5. The van der Waals surface area contributed by atoms with Crippen molar-refractivity contribution in [3.63, 3.8) is 0 Å². The summed E-state index contributed by atoms with van der Waals surface area (Å²) in [6.07, 6.45) is -2.52. The third-order valence-electron chi connectivity index (χ3n) is 2.55. The van der Waals surface area contributed by atoms with Gasteiger partial charge in [-0.1, -0.05) is 0 Å². The van der Waals surface area contributed by atoms with Crippen molar-refractivity contribution in [1.82, 2.24) is 10.6 Å².